The SMILES string of the molecule is Cc1n[nH]c2c1/C(=N\NC(=N)N)CC(c1sccc1Cl)C2.Cl. The number of halogens is 2. The summed E-state index contributed by atoms with van der Waals surface area (Å²) in [6.07, 6.45) is 1.60. The Bertz CT molecular complexity index is 720. The lowest BCUT2D eigenvalue weighted by Crippen LogP contribution is -2.29. The van der Waals surface area contributed by atoms with Gasteiger partial charge in [0.15, 0.2) is 0 Å². The van der Waals surface area contributed by atoms with E-state index in [1.54, 1.807) is 11.3 Å². The van der Waals surface area contributed by atoms with E-state index < -0.39 is 0 Å². The number of aromatic nitrogens is 2. The van der Waals surface area contributed by atoms with E-state index in [1.807, 2.05) is 18.4 Å². The monoisotopic (exact) mass is 358 g/mol. The van der Waals surface area contributed by atoms with Gasteiger partial charge in [0.2, 0.25) is 5.96 Å². The second kappa shape index (κ2) is 6.68. The molecule has 0 spiro atoms. The van der Waals surface area contributed by atoms with Crippen LogP contribution in [0.25, 0.3) is 0 Å². The third-order valence-corrected chi connectivity index (χ3v) is 5.05. The van der Waals surface area contributed by atoms with Gasteiger partial charge in [0.05, 0.1) is 16.4 Å². The van der Waals surface area contributed by atoms with Crippen LogP contribution in [0, 0.1) is 12.3 Å². The molecule has 22 heavy (non-hydrogen) atoms. The summed E-state index contributed by atoms with van der Waals surface area (Å²) < 4.78 is 0. The van der Waals surface area contributed by atoms with Crippen LogP contribution in [-0.2, 0) is 6.42 Å². The Labute approximate surface area is 143 Å². The number of thiophene rings is 1. The lowest BCUT2D eigenvalue weighted by molar-refractivity contribution is 0.689. The van der Waals surface area contributed by atoms with Gasteiger partial charge in [-0.3, -0.25) is 10.5 Å². The van der Waals surface area contributed by atoms with Crippen LogP contribution in [0.2, 0.25) is 5.02 Å². The topological polar surface area (TPSA) is 103 Å². The molecule has 0 saturated heterocycles. The van der Waals surface area contributed by atoms with Crippen LogP contribution < -0.4 is 11.2 Å². The summed E-state index contributed by atoms with van der Waals surface area (Å²) in [4.78, 5) is 1.16. The Hall–Kier alpha value is -1.57. The number of nitrogens with two attached hydrogens (primary N) is 1. The molecule has 0 aromatic carbocycles. The average molecular weight is 359 g/mol. The molecule has 1 aliphatic rings. The first-order valence-corrected chi connectivity index (χ1v) is 7.75. The van der Waals surface area contributed by atoms with Gasteiger partial charge in [0.1, 0.15) is 0 Å². The highest BCUT2D eigenvalue weighted by Gasteiger charge is 2.30. The molecule has 1 atom stereocenters. The highest BCUT2D eigenvalue weighted by Crippen LogP contribution is 2.39. The first kappa shape index (κ1) is 16.8. The van der Waals surface area contributed by atoms with Crippen molar-refractivity contribution in [3.63, 3.8) is 0 Å². The second-order valence-corrected chi connectivity index (χ2v) is 6.34. The van der Waals surface area contributed by atoms with E-state index in [1.165, 1.54) is 0 Å². The van der Waals surface area contributed by atoms with Gasteiger partial charge in [-0.25, -0.2) is 5.43 Å². The maximum Gasteiger partial charge on any atom is 0.206 e. The molecule has 0 bridgehead atoms. The van der Waals surface area contributed by atoms with Gasteiger partial charge in [0.25, 0.3) is 0 Å². The fourth-order valence-corrected chi connectivity index (χ4v) is 3.99. The number of fused-ring (bicyclic) bond motifs is 1. The second-order valence-electron chi connectivity index (χ2n) is 4.98. The molecule has 2 aromatic rings. The van der Waals surface area contributed by atoms with E-state index in [-0.39, 0.29) is 24.3 Å². The fourth-order valence-electron chi connectivity index (χ4n) is 2.68. The molecule has 118 valence electrons. The summed E-state index contributed by atoms with van der Waals surface area (Å²) >= 11 is 7.91. The quantitative estimate of drug-likeness (QED) is 0.377. The van der Waals surface area contributed by atoms with Crippen molar-refractivity contribution < 1.29 is 0 Å². The van der Waals surface area contributed by atoms with Gasteiger partial charge in [-0.1, -0.05) is 11.6 Å². The number of rotatable bonds is 2. The molecule has 0 aliphatic heterocycles. The van der Waals surface area contributed by atoms with E-state index in [2.05, 4.69) is 20.7 Å². The van der Waals surface area contributed by atoms with Crippen molar-refractivity contribution in [1.29, 1.82) is 5.41 Å². The maximum atomic E-state index is 7.25. The van der Waals surface area contributed by atoms with E-state index in [9.17, 15) is 0 Å². The number of hydrazone groups is 1. The molecule has 0 radical (unpaired) electrons. The minimum atomic E-state index is -0.179. The minimum absolute atomic E-state index is 0. The first-order valence-electron chi connectivity index (χ1n) is 6.50. The van der Waals surface area contributed by atoms with Gasteiger partial charge in [-0.2, -0.15) is 10.2 Å². The molecular formula is C13H16Cl2N6S. The highest BCUT2D eigenvalue weighted by molar-refractivity contribution is 7.10. The molecule has 0 amide bonds. The predicted molar refractivity (Wildman–Crippen MR) is 92.6 cm³/mol. The van der Waals surface area contributed by atoms with Crippen LogP contribution in [-0.4, -0.2) is 21.9 Å². The summed E-state index contributed by atoms with van der Waals surface area (Å²) in [6, 6.07) is 1.92. The van der Waals surface area contributed by atoms with Gasteiger partial charge in [0, 0.05) is 28.5 Å². The van der Waals surface area contributed by atoms with Crippen LogP contribution in [0.1, 0.15) is 34.2 Å². The zero-order valence-electron chi connectivity index (χ0n) is 11.8. The smallest absolute Gasteiger partial charge is 0.206 e. The molecule has 9 heteroatoms. The Balaban J connectivity index is 0.00000176. The molecule has 5 N–H and O–H groups in total. The maximum absolute atomic E-state index is 7.25. The van der Waals surface area contributed by atoms with E-state index in [0.717, 1.165) is 45.4 Å². The summed E-state index contributed by atoms with van der Waals surface area (Å²) in [5, 5.41) is 21.6. The third-order valence-electron chi connectivity index (χ3n) is 3.53. The number of nitrogens with zero attached hydrogens (tertiary/aromatic N) is 2. The van der Waals surface area contributed by atoms with Crippen LogP contribution in [0.4, 0.5) is 0 Å². The standard InChI is InChI=1S/C13H15ClN6S.ClH/c1-6-11-9(18-17-6)4-7(12-8(14)2-3-21-12)5-10(11)19-20-13(15)16;/h2-3,7H,4-5H2,1H3,(H,17,18)(H4,15,16,20);1H/b19-10-;. The van der Waals surface area contributed by atoms with Crippen molar-refractivity contribution in [2.45, 2.75) is 25.7 Å². The first-order chi connectivity index (χ1) is 10.1. The van der Waals surface area contributed by atoms with Crippen LogP contribution in [0.15, 0.2) is 16.5 Å². The Morgan fingerprint density at radius 2 is 2.36 bits per heavy atom. The fraction of sp³-hybridized carbons (Fsp3) is 0.308. The zero-order chi connectivity index (χ0) is 15.0. The average Bonchev–Trinajstić information content (AvgIpc) is 3.02. The molecule has 6 nitrogen and oxygen atoms in total. The van der Waals surface area contributed by atoms with Crippen molar-refractivity contribution in [2.24, 2.45) is 10.8 Å². The van der Waals surface area contributed by atoms with Crippen molar-refractivity contribution in [1.82, 2.24) is 15.6 Å². The summed E-state index contributed by atoms with van der Waals surface area (Å²) in [5.74, 6) is 0.0823. The Morgan fingerprint density at radius 3 is 3.00 bits per heavy atom. The molecule has 0 fully saturated rings. The largest absolute Gasteiger partial charge is 0.369 e. The Morgan fingerprint density at radius 1 is 1.59 bits per heavy atom. The lowest BCUT2D eigenvalue weighted by Gasteiger charge is -2.23. The van der Waals surface area contributed by atoms with Crippen LogP contribution in [0.3, 0.4) is 0 Å². The summed E-state index contributed by atoms with van der Waals surface area (Å²) in [7, 11) is 0. The van der Waals surface area contributed by atoms with Gasteiger partial charge < -0.3 is 5.73 Å². The number of H-pyrrole nitrogens is 1. The number of guanidine groups is 1. The van der Waals surface area contributed by atoms with Crippen molar-refractivity contribution in [3.05, 3.63) is 38.3 Å². The molecule has 2 aromatic heterocycles. The lowest BCUT2D eigenvalue weighted by atomic mass is 9.84. The highest BCUT2D eigenvalue weighted by atomic mass is 35.5. The molecule has 1 aliphatic carbocycles. The summed E-state index contributed by atoms with van der Waals surface area (Å²) in [5.41, 5.74) is 11.7. The number of hydrogen-bond acceptors (Lipinski definition) is 4. The molecular weight excluding hydrogens is 343 g/mol. The van der Waals surface area contributed by atoms with Gasteiger partial charge in [-0.15, -0.1) is 23.7 Å². The van der Waals surface area contributed by atoms with Crippen molar-refractivity contribution in [2.75, 3.05) is 0 Å². The number of nitrogens with one attached hydrogen (secondary N) is 3. The normalized spacial score (nSPS) is 18.6. The van der Waals surface area contributed by atoms with Crippen molar-refractivity contribution in [3.8, 4) is 0 Å². The third kappa shape index (κ3) is 3.11. The minimum Gasteiger partial charge on any atom is -0.369 e. The summed E-state index contributed by atoms with van der Waals surface area (Å²) in [6.45, 7) is 1.94. The molecule has 1 unspecified atom stereocenters. The van der Waals surface area contributed by atoms with E-state index in [0.29, 0.717) is 0 Å². The molecule has 2 heterocycles. The number of aromatic amines is 1. The van der Waals surface area contributed by atoms with Crippen LogP contribution >= 0.6 is 35.3 Å². The van der Waals surface area contributed by atoms with E-state index in [4.69, 9.17) is 22.7 Å². The predicted octanol–water partition coefficient (Wildman–Crippen LogP) is 2.77. The number of hydrogen-bond donors (Lipinski definition) is 4. The number of aryl methyl sites for hydroxylation is 1. The van der Waals surface area contributed by atoms with Crippen LogP contribution in [0.5, 0.6) is 0 Å². The molecule has 0 saturated carbocycles. The van der Waals surface area contributed by atoms with Gasteiger partial charge in [-0.05, 0) is 24.8 Å². The molecule has 3 rings (SSSR count). The zero-order valence-corrected chi connectivity index (χ0v) is 14.2. The van der Waals surface area contributed by atoms with E-state index >= 15 is 0 Å². The van der Waals surface area contributed by atoms with Gasteiger partial charge >= 0.3 is 0 Å². The van der Waals surface area contributed by atoms with Crippen molar-refractivity contribution >= 4 is 47.0 Å². The Kier molecular flexibility index (Phi) is 5.10.